The second-order valence-electron chi connectivity index (χ2n) is 4.16. The van der Waals surface area contributed by atoms with Gasteiger partial charge in [0, 0.05) is 26.0 Å². The molecule has 0 amide bonds. The van der Waals surface area contributed by atoms with E-state index in [-0.39, 0.29) is 12.4 Å². The third-order valence-corrected chi connectivity index (χ3v) is 2.75. The van der Waals surface area contributed by atoms with Gasteiger partial charge in [-0.3, -0.25) is 4.98 Å². The van der Waals surface area contributed by atoms with Crippen LogP contribution in [-0.4, -0.2) is 17.1 Å². The van der Waals surface area contributed by atoms with Crippen LogP contribution < -0.4 is 4.90 Å². The highest BCUT2D eigenvalue weighted by molar-refractivity contribution is 5.48. The number of anilines is 1. The van der Waals surface area contributed by atoms with Gasteiger partial charge in [0.05, 0.1) is 12.3 Å². The lowest BCUT2D eigenvalue weighted by molar-refractivity contribution is 0.281. The molecule has 0 aliphatic rings. The first kappa shape index (κ1) is 12.5. The average Bonchev–Trinajstić information content (AvgIpc) is 2.39. The predicted octanol–water partition coefficient (Wildman–Crippen LogP) is 2.35. The van der Waals surface area contributed by atoms with E-state index in [0.717, 1.165) is 5.56 Å². The summed E-state index contributed by atoms with van der Waals surface area (Å²) < 4.78 is 13.8. The number of hydrogen-bond acceptors (Lipinski definition) is 3. The van der Waals surface area contributed by atoms with E-state index in [4.69, 9.17) is 5.11 Å². The van der Waals surface area contributed by atoms with Crippen LogP contribution in [0.1, 0.15) is 11.1 Å². The van der Waals surface area contributed by atoms with Crippen molar-refractivity contribution >= 4 is 5.69 Å². The molecule has 1 aromatic carbocycles. The second-order valence-corrected chi connectivity index (χ2v) is 4.16. The molecule has 1 N–H and O–H groups in total. The first-order valence-electron chi connectivity index (χ1n) is 5.70. The van der Waals surface area contributed by atoms with Gasteiger partial charge in [-0.25, -0.2) is 4.39 Å². The van der Waals surface area contributed by atoms with E-state index in [9.17, 15) is 4.39 Å². The van der Waals surface area contributed by atoms with Crippen molar-refractivity contribution in [2.24, 2.45) is 0 Å². The molecule has 0 saturated carbocycles. The molecule has 18 heavy (non-hydrogen) atoms. The summed E-state index contributed by atoms with van der Waals surface area (Å²) in [6.07, 6.45) is 3.47. The molecule has 1 heterocycles. The minimum atomic E-state index is -0.326. The Labute approximate surface area is 106 Å². The standard InChI is InChI=1S/C14H15FN2O/c1-17(9-12-3-2-6-16-8-12)14-5-4-11(10-18)7-13(14)15/h2-8,18H,9-10H2,1H3. The molecule has 0 spiro atoms. The number of rotatable bonds is 4. The average molecular weight is 246 g/mol. The van der Waals surface area contributed by atoms with E-state index in [1.165, 1.54) is 6.07 Å². The van der Waals surface area contributed by atoms with Crippen LogP contribution >= 0.6 is 0 Å². The molecule has 0 bridgehead atoms. The van der Waals surface area contributed by atoms with Gasteiger partial charge in [0.15, 0.2) is 0 Å². The van der Waals surface area contributed by atoms with Gasteiger partial charge in [0.2, 0.25) is 0 Å². The van der Waals surface area contributed by atoms with Crippen molar-refractivity contribution in [3.8, 4) is 0 Å². The van der Waals surface area contributed by atoms with E-state index in [1.54, 1.807) is 24.5 Å². The lowest BCUT2D eigenvalue weighted by Crippen LogP contribution is -2.17. The summed E-state index contributed by atoms with van der Waals surface area (Å²) in [6.45, 7) is 0.437. The van der Waals surface area contributed by atoms with Crippen molar-refractivity contribution in [3.05, 3.63) is 59.7 Å². The maximum absolute atomic E-state index is 13.8. The van der Waals surface area contributed by atoms with Gasteiger partial charge >= 0.3 is 0 Å². The van der Waals surface area contributed by atoms with Gasteiger partial charge in [-0.05, 0) is 29.3 Å². The molecule has 0 fully saturated rings. The number of aromatic nitrogens is 1. The van der Waals surface area contributed by atoms with Gasteiger partial charge in [0.1, 0.15) is 5.82 Å². The number of nitrogens with zero attached hydrogens (tertiary/aromatic N) is 2. The minimum absolute atomic E-state index is 0.149. The summed E-state index contributed by atoms with van der Waals surface area (Å²) >= 11 is 0. The molecule has 0 atom stereocenters. The summed E-state index contributed by atoms with van der Waals surface area (Å²) in [7, 11) is 1.82. The SMILES string of the molecule is CN(Cc1cccnc1)c1ccc(CO)cc1F. The van der Waals surface area contributed by atoms with E-state index in [0.29, 0.717) is 17.8 Å². The fourth-order valence-corrected chi connectivity index (χ4v) is 1.81. The summed E-state index contributed by atoms with van der Waals surface area (Å²) in [5.74, 6) is -0.326. The lowest BCUT2D eigenvalue weighted by Gasteiger charge is -2.20. The monoisotopic (exact) mass is 246 g/mol. The summed E-state index contributed by atoms with van der Waals surface area (Å²) in [5.41, 5.74) is 2.10. The third-order valence-electron chi connectivity index (χ3n) is 2.75. The molecule has 94 valence electrons. The van der Waals surface area contributed by atoms with E-state index < -0.39 is 0 Å². The van der Waals surface area contributed by atoms with Gasteiger partial charge in [0.25, 0.3) is 0 Å². The molecule has 0 radical (unpaired) electrons. The minimum Gasteiger partial charge on any atom is -0.392 e. The number of aliphatic hydroxyl groups is 1. The summed E-state index contributed by atoms with van der Waals surface area (Å²) in [6, 6.07) is 8.56. The van der Waals surface area contributed by atoms with Crippen LogP contribution in [0.4, 0.5) is 10.1 Å². The second kappa shape index (κ2) is 5.60. The Morgan fingerprint density at radius 3 is 2.72 bits per heavy atom. The highest BCUT2D eigenvalue weighted by Gasteiger charge is 2.08. The summed E-state index contributed by atoms with van der Waals surface area (Å²) in [5, 5.41) is 8.94. The lowest BCUT2D eigenvalue weighted by atomic mass is 10.2. The Hall–Kier alpha value is -1.94. The number of pyridine rings is 1. The zero-order valence-corrected chi connectivity index (χ0v) is 10.2. The van der Waals surface area contributed by atoms with Crippen molar-refractivity contribution in [3.63, 3.8) is 0 Å². The molecule has 1 aromatic heterocycles. The molecule has 2 aromatic rings. The molecule has 3 nitrogen and oxygen atoms in total. The third kappa shape index (κ3) is 2.84. The first-order chi connectivity index (χ1) is 8.70. The van der Waals surface area contributed by atoms with Gasteiger partial charge in [-0.2, -0.15) is 0 Å². The normalized spacial score (nSPS) is 10.4. The van der Waals surface area contributed by atoms with E-state index >= 15 is 0 Å². The van der Waals surface area contributed by atoms with Crippen LogP contribution in [0, 0.1) is 5.82 Å². The Morgan fingerprint density at radius 2 is 2.11 bits per heavy atom. The highest BCUT2D eigenvalue weighted by atomic mass is 19.1. The molecule has 2 rings (SSSR count). The first-order valence-corrected chi connectivity index (χ1v) is 5.70. The van der Waals surface area contributed by atoms with E-state index in [1.807, 2.05) is 24.1 Å². The molecular weight excluding hydrogens is 231 g/mol. The Kier molecular flexibility index (Phi) is 3.89. The van der Waals surface area contributed by atoms with Crippen molar-refractivity contribution in [2.75, 3.05) is 11.9 Å². The topological polar surface area (TPSA) is 36.4 Å². The van der Waals surface area contributed by atoms with E-state index in [2.05, 4.69) is 4.98 Å². The van der Waals surface area contributed by atoms with Crippen molar-refractivity contribution in [1.29, 1.82) is 0 Å². The fraction of sp³-hybridized carbons (Fsp3) is 0.214. The van der Waals surface area contributed by atoms with Gasteiger partial charge < -0.3 is 10.0 Å². The zero-order chi connectivity index (χ0) is 13.0. The van der Waals surface area contributed by atoms with Crippen molar-refractivity contribution in [2.45, 2.75) is 13.2 Å². The van der Waals surface area contributed by atoms with Crippen molar-refractivity contribution < 1.29 is 9.50 Å². The maximum atomic E-state index is 13.8. The number of halogens is 1. The molecule has 0 unspecified atom stereocenters. The number of hydrogen-bond donors (Lipinski definition) is 1. The zero-order valence-electron chi connectivity index (χ0n) is 10.2. The Balaban J connectivity index is 2.16. The summed E-state index contributed by atoms with van der Waals surface area (Å²) in [4.78, 5) is 5.84. The molecule has 0 aliphatic carbocycles. The Morgan fingerprint density at radius 1 is 1.28 bits per heavy atom. The maximum Gasteiger partial charge on any atom is 0.146 e. The predicted molar refractivity (Wildman–Crippen MR) is 68.7 cm³/mol. The van der Waals surface area contributed by atoms with Gasteiger partial charge in [-0.15, -0.1) is 0 Å². The number of benzene rings is 1. The highest BCUT2D eigenvalue weighted by Crippen LogP contribution is 2.21. The Bertz CT molecular complexity index is 516. The molecule has 0 saturated heterocycles. The fourth-order valence-electron chi connectivity index (χ4n) is 1.81. The largest absolute Gasteiger partial charge is 0.392 e. The van der Waals surface area contributed by atoms with Crippen LogP contribution in [0.25, 0.3) is 0 Å². The van der Waals surface area contributed by atoms with Crippen LogP contribution in [0.3, 0.4) is 0 Å². The van der Waals surface area contributed by atoms with Crippen molar-refractivity contribution in [1.82, 2.24) is 4.98 Å². The molecular formula is C14H15FN2O. The number of aliphatic hydroxyl groups excluding tert-OH is 1. The quantitative estimate of drug-likeness (QED) is 0.899. The van der Waals surface area contributed by atoms with Crippen LogP contribution in [-0.2, 0) is 13.2 Å². The van der Waals surface area contributed by atoms with Crippen LogP contribution in [0.15, 0.2) is 42.7 Å². The van der Waals surface area contributed by atoms with Crippen LogP contribution in [0.2, 0.25) is 0 Å². The molecule has 4 heteroatoms. The molecule has 0 aliphatic heterocycles. The van der Waals surface area contributed by atoms with Crippen LogP contribution in [0.5, 0.6) is 0 Å². The van der Waals surface area contributed by atoms with Gasteiger partial charge in [-0.1, -0.05) is 12.1 Å². The smallest absolute Gasteiger partial charge is 0.146 e.